The molecule has 0 spiro atoms. The Bertz CT molecular complexity index is 1430. The summed E-state index contributed by atoms with van der Waals surface area (Å²) in [6, 6.07) is 7.98. The summed E-state index contributed by atoms with van der Waals surface area (Å²) < 4.78 is 33.4. The number of fused-ring (bicyclic) bond motifs is 1. The van der Waals surface area contributed by atoms with Crippen molar-refractivity contribution in [2.75, 3.05) is 42.6 Å². The number of aromatic nitrogens is 3. The van der Waals surface area contributed by atoms with E-state index in [0.29, 0.717) is 30.3 Å². The highest BCUT2D eigenvalue weighted by atomic mass is 35.5. The standard InChI is InChI=1S/C24H30ClN7O4S/c1-36-21-14-30(13-17(21)26)22-8-10-32-23(27-22)12-19(28-32)20-5-3-4-9-31(20)24(33)16-11-15(25)6-7-18(16)29-37(2,34)35/h6-8,10-12,17,20-21,29H,3-5,9,13-14,26H2,1-2H3/t17?,20-,21?/m0/s1. The van der Waals surface area contributed by atoms with Crippen LogP contribution in [-0.2, 0) is 14.8 Å². The highest BCUT2D eigenvalue weighted by molar-refractivity contribution is 7.92. The third-order valence-corrected chi connectivity index (χ3v) is 7.70. The van der Waals surface area contributed by atoms with Gasteiger partial charge in [0.15, 0.2) is 5.65 Å². The number of anilines is 2. The van der Waals surface area contributed by atoms with Crippen LogP contribution in [0.5, 0.6) is 0 Å². The second-order valence-corrected chi connectivity index (χ2v) is 11.8. The van der Waals surface area contributed by atoms with E-state index in [4.69, 9.17) is 32.2 Å². The maximum atomic E-state index is 13.7. The largest absolute Gasteiger partial charge is 0.378 e. The number of hydrogen-bond acceptors (Lipinski definition) is 8. The fourth-order valence-corrected chi connectivity index (χ4v) is 5.83. The number of nitrogens with one attached hydrogen (secondary N) is 1. The van der Waals surface area contributed by atoms with Crippen molar-refractivity contribution >= 4 is 44.7 Å². The van der Waals surface area contributed by atoms with E-state index in [1.165, 1.54) is 12.1 Å². The number of carbonyl (C=O) groups is 1. The van der Waals surface area contributed by atoms with E-state index in [1.807, 2.05) is 18.3 Å². The predicted octanol–water partition coefficient (Wildman–Crippen LogP) is 2.28. The minimum Gasteiger partial charge on any atom is -0.378 e. The summed E-state index contributed by atoms with van der Waals surface area (Å²) in [5, 5.41) is 5.08. The van der Waals surface area contributed by atoms with E-state index in [0.717, 1.165) is 37.0 Å². The number of nitrogens with two attached hydrogens (primary N) is 1. The van der Waals surface area contributed by atoms with Crippen LogP contribution in [0.4, 0.5) is 11.5 Å². The van der Waals surface area contributed by atoms with Crippen molar-refractivity contribution in [3.63, 3.8) is 0 Å². The van der Waals surface area contributed by atoms with Gasteiger partial charge in [-0.3, -0.25) is 9.52 Å². The van der Waals surface area contributed by atoms with E-state index in [2.05, 4.69) is 9.62 Å². The Labute approximate surface area is 220 Å². The molecule has 0 radical (unpaired) electrons. The molecule has 13 heteroatoms. The Morgan fingerprint density at radius 1 is 1.22 bits per heavy atom. The Hall–Kier alpha value is -2.93. The molecule has 11 nitrogen and oxygen atoms in total. The van der Waals surface area contributed by atoms with Crippen LogP contribution in [0.2, 0.25) is 5.02 Å². The summed E-state index contributed by atoms with van der Waals surface area (Å²) in [6.45, 7) is 1.83. The van der Waals surface area contributed by atoms with Gasteiger partial charge in [0.25, 0.3) is 5.91 Å². The van der Waals surface area contributed by atoms with Gasteiger partial charge >= 0.3 is 0 Å². The molecule has 4 heterocycles. The van der Waals surface area contributed by atoms with Crippen molar-refractivity contribution in [1.29, 1.82) is 0 Å². The lowest BCUT2D eigenvalue weighted by Crippen LogP contribution is -2.39. The number of rotatable bonds is 6. The highest BCUT2D eigenvalue weighted by Crippen LogP contribution is 2.34. The number of hydrogen-bond donors (Lipinski definition) is 2. The summed E-state index contributed by atoms with van der Waals surface area (Å²) in [5.74, 6) is 0.488. The summed E-state index contributed by atoms with van der Waals surface area (Å²) >= 11 is 6.18. The first-order chi connectivity index (χ1) is 17.6. The molecular formula is C24H30ClN7O4S. The fraction of sp³-hybridized carbons (Fsp3) is 0.458. The average Bonchev–Trinajstić information content (AvgIpc) is 3.46. The van der Waals surface area contributed by atoms with E-state index >= 15 is 0 Å². The molecule has 3 aromatic rings. The molecule has 3 N–H and O–H groups in total. The van der Waals surface area contributed by atoms with Crippen LogP contribution >= 0.6 is 11.6 Å². The van der Waals surface area contributed by atoms with Crippen LogP contribution in [0.1, 0.15) is 41.4 Å². The van der Waals surface area contributed by atoms with Gasteiger partial charge in [-0.15, -0.1) is 0 Å². The molecule has 2 aliphatic rings. The number of likely N-dealkylation sites (tertiary alicyclic amines) is 1. The number of amides is 1. The van der Waals surface area contributed by atoms with Gasteiger partial charge in [-0.25, -0.2) is 17.9 Å². The van der Waals surface area contributed by atoms with Crippen molar-refractivity contribution in [3.8, 4) is 0 Å². The van der Waals surface area contributed by atoms with Crippen molar-refractivity contribution in [2.45, 2.75) is 37.5 Å². The molecule has 2 aromatic heterocycles. The van der Waals surface area contributed by atoms with Crippen LogP contribution < -0.4 is 15.4 Å². The molecule has 0 aliphatic carbocycles. The molecular weight excluding hydrogens is 518 g/mol. The van der Waals surface area contributed by atoms with Crippen molar-refractivity contribution in [3.05, 3.63) is 52.8 Å². The normalized spacial score (nSPS) is 22.5. The van der Waals surface area contributed by atoms with Gasteiger partial charge in [0.2, 0.25) is 10.0 Å². The average molecular weight is 548 g/mol. The van der Waals surface area contributed by atoms with Crippen LogP contribution in [0.3, 0.4) is 0 Å². The van der Waals surface area contributed by atoms with Crippen LogP contribution in [0, 0.1) is 0 Å². The maximum Gasteiger partial charge on any atom is 0.256 e. The molecule has 0 saturated carbocycles. The predicted molar refractivity (Wildman–Crippen MR) is 142 cm³/mol. The summed E-state index contributed by atoms with van der Waals surface area (Å²) in [5.41, 5.74) is 7.97. The van der Waals surface area contributed by atoms with Gasteiger partial charge in [0.1, 0.15) is 5.82 Å². The van der Waals surface area contributed by atoms with Crippen molar-refractivity contribution < 1.29 is 17.9 Å². The number of benzene rings is 1. The number of carbonyl (C=O) groups excluding carboxylic acids is 1. The van der Waals surface area contributed by atoms with Crippen LogP contribution in [-0.4, -0.2) is 79.0 Å². The molecule has 2 unspecified atom stereocenters. The molecule has 198 valence electrons. The molecule has 5 rings (SSSR count). The molecule has 3 atom stereocenters. The molecule has 2 aliphatic heterocycles. The van der Waals surface area contributed by atoms with Gasteiger partial charge in [-0.1, -0.05) is 11.6 Å². The fourth-order valence-electron chi connectivity index (χ4n) is 5.08. The van der Waals surface area contributed by atoms with Gasteiger partial charge in [0, 0.05) is 44.0 Å². The zero-order valence-electron chi connectivity index (χ0n) is 20.7. The van der Waals surface area contributed by atoms with Gasteiger partial charge in [-0.05, 0) is 43.5 Å². The Morgan fingerprint density at radius 2 is 2.03 bits per heavy atom. The third kappa shape index (κ3) is 5.37. The minimum atomic E-state index is -3.59. The first-order valence-electron chi connectivity index (χ1n) is 12.1. The summed E-state index contributed by atoms with van der Waals surface area (Å²) in [6.07, 6.45) is 5.36. The first-order valence-corrected chi connectivity index (χ1v) is 14.4. The number of methoxy groups -OCH3 is 1. The first kappa shape index (κ1) is 25.7. The van der Waals surface area contributed by atoms with E-state index in [-0.39, 0.29) is 35.3 Å². The van der Waals surface area contributed by atoms with Gasteiger partial charge in [0.05, 0.1) is 41.4 Å². The topological polar surface area (TPSA) is 135 Å². The van der Waals surface area contributed by atoms with E-state index in [1.54, 1.807) is 22.6 Å². The number of ether oxygens (including phenoxy) is 1. The second-order valence-electron chi connectivity index (χ2n) is 9.57. The summed E-state index contributed by atoms with van der Waals surface area (Å²) in [4.78, 5) is 22.4. The molecule has 2 saturated heterocycles. The van der Waals surface area contributed by atoms with E-state index in [9.17, 15) is 13.2 Å². The lowest BCUT2D eigenvalue weighted by Gasteiger charge is -2.35. The zero-order chi connectivity index (χ0) is 26.3. The van der Waals surface area contributed by atoms with Crippen LogP contribution in [0.25, 0.3) is 5.65 Å². The lowest BCUT2D eigenvalue weighted by molar-refractivity contribution is 0.0607. The second kappa shape index (κ2) is 10.1. The SMILES string of the molecule is COC1CN(c2ccn3nc([C@@H]4CCCCN4C(=O)c4cc(Cl)ccc4NS(C)(=O)=O)cc3n2)CC1N. The van der Waals surface area contributed by atoms with E-state index < -0.39 is 10.0 Å². The monoisotopic (exact) mass is 547 g/mol. The molecule has 1 aromatic carbocycles. The minimum absolute atomic E-state index is 0.0473. The Morgan fingerprint density at radius 3 is 2.76 bits per heavy atom. The zero-order valence-corrected chi connectivity index (χ0v) is 22.2. The quantitative estimate of drug-likeness (QED) is 0.480. The van der Waals surface area contributed by atoms with Crippen LogP contribution in [0.15, 0.2) is 36.5 Å². The number of halogens is 1. The van der Waals surface area contributed by atoms with Crippen molar-refractivity contribution in [2.24, 2.45) is 5.73 Å². The number of piperidine rings is 1. The lowest BCUT2D eigenvalue weighted by atomic mass is 9.98. The summed E-state index contributed by atoms with van der Waals surface area (Å²) in [7, 11) is -1.93. The van der Waals surface area contributed by atoms with Gasteiger partial charge in [-0.2, -0.15) is 5.10 Å². The molecule has 37 heavy (non-hydrogen) atoms. The maximum absolute atomic E-state index is 13.7. The smallest absolute Gasteiger partial charge is 0.256 e. The van der Waals surface area contributed by atoms with Crippen molar-refractivity contribution in [1.82, 2.24) is 19.5 Å². The number of nitrogens with zero attached hydrogens (tertiary/aromatic N) is 5. The Kier molecular flexibility index (Phi) is 7.01. The van der Waals surface area contributed by atoms with Gasteiger partial charge < -0.3 is 20.3 Å². The molecule has 2 fully saturated rings. The number of sulfonamides is 1. The third-order valence-electron chi connectivity index (χ3n) is 6.88. The highest BCUT2D eigenvalue weighted by Gasteiger charge is 2.33. The molecule has 1 amide bonds. The Balaban J connectivity index is 1.44. The molecule has 0 bridgehead atoms.